The second kappa shape index (κ2) is 10.1. The van der Waals surface area contributed by atoms with Gasteiger partial charge in [-0.3, -0.25) is 4.98 Å². The topological polar surface area (TPSA) is 68.6 Å². The van der Waals surface area contributed by atoms with Crippen molar-refractivity contribution in [2.75, 3.05) is 19.1 Å². The molecule has 4 aromatic rings. The summed E-state index contributed by atoms with van der Waals surface area (Å²) < 4.78 is 12.8. The molecule has 1 aliphatic rings. The number of carbonyl (C=O) groups is 1. The lowest BCUT2D eigenvalue weighted by atomic mass is 9.96. The molecule has 0 bridgehead atoms. The van der Waals surface area contributed by atoms with Gasteiger partial charge in [0, 0.05) is 23.3 Å². The number of esters is 1. The Labute approximate surface area is 221 Å². The number of benzene rings is 2. The Hall–Kier alpha value is -4.17. The second-order valence-corrected chi connectivity index (χ2v) is 9.26. The van der Waals surface area contributed by atoms with E-state index < -0.39 is 0 Å². The van der Waals surface area contributed by atoms with Gasteiger partial charge in [-0.2, -0.15) is 0 Å². The number of anilines is 1. The maximum absolute atomic E-state index is 12.2. The largest absolute Gasteiger partial charge is 0.495 e. The van der Waals surface area contributed by atoms with Crippen molar-refractivity contribution in [1.82, 2.24) is 14.9 Å². The van der Waals surface area contributed by atoms with Crippen molar-refractivity contribution in [3.05, 3.63) is 107 Å². The Bertz CT molecular complexity index is 1470. The summed E-state index contributed by atoms with van der Waals surface area (Å²) >= 11 is 5.89. The first-order valence-corrected chi connectivity index (χ1v) is 12.4. The zero-order valence-corrected chi connectivity index (χ0v) is 22.0. The van der Waals surface area contributed by atoms with Crippen molar-refractivity contribution < 1.29 is 14.3 Å². The Morgan fingerprint density at radius 2 is 1.78 bits per heavy atom. The number of hydrogen-bond acceptors (Lipinski definition) is 5. The maximum Gasteiger partial charge on any atom is 0.337 e. The first kappa shape index (κ1) is 24.5. The normalized spacial score (nSPS) is 17.0. The summed E-state index contributed by atoms with van der Waals surface area (Å²) in [6.07, 6.45) is 1.80. The fourth-order valence-corrected chi connectivity index (χ4v) is 5.47. The molecule has 2 atom stereocenters. The first-order valence-electron chi connectivity index (χ1n) is 12.0. The minimum atomic E-state index is -0.368. The Balaban J connectivity index is 1.68. The molecule has 3 heterocycles. The Kier molecular flexibility index (Phi) is 6.67. The molecule has 2 aromatic heterocycles. The minimum absolute atomic E-state index is 0.186. The van der Waals surface area contributed by atoms with Gasteiger partial charge in [0.2, 0.25) is 0 Å². The van der Waals surface area contributed by atoms with E-state index in [-0.39, 0.29) is 18.1 Å². The molecular formula is C29H28N4O3S. The summed E-state index contributed by atoms with van der Waals surface area (Å²) in [4.78, 5) is 19.0. The number of aromatic nitrogens is 2. The molecule has 0 spiro atoms. The molecule has 0 saturated carbocycles. The third-order valence-electron chi connectivity index (χ3n) is 6.76. The third-order valence-corrected chi connectivity index (χ3v) is 7.07. The number of ether oxygens (including phenoxy) is 2. The van der Waals surface area contributed by atoms with Gasteiger partial charge in [-0.25, -0.2) is 4.79 Å². The van der Waals surface area contributed by atoms with Crippen LogP contribution in [-0.2, 0) is 4.74 Å². The number of aryl methyl sites for hydroxylation is 1. The average Bonchev–Trinajstić information content (AvgIpc) is 3.43. The van der Waals surface area contributed by atoms with E-state index in [1.165, 1.54) is 7.11 Å². The highest BCUT2D eigenvalue weighted by Gasteiger charge is 2.43. The molecule has 1 fully saturated rings. The summed E-state index contributed by atoms with van der Waals surface area (Å²) in [5.74, 6) is 0.366. The van der Waals surface area contributed by atoms with Crippen LogP contribution in [0.4, 0.5) is 5.69 Å². The fraction of sp³-hybridized carbons (Fsp3) is 0.207. The van der Waals surface area contributed by atoms with Crippen molar-refractivity contribution >= 4 is 29.0 Å². The Morgan fingerprint density at radius 3 is 2.51 bits per heavy atom. The van der Waals surface area contributed by atoms with E-state index >= 15 is 0 Å². The van der Waals surface area contributed by atoms with Crippen LogP contribution in [0.2, 0.25) is 0 Å². The van der Waals surface area contributed by atoms with Crippen LogP contribution >= 0.6 is 12.2 Å². The van der Waals surface area contributed by atoms with E-state index in [1.54, 1.807) is 19.4 Å². The SMILES string of the molecule is COC(=O)c1cccc(-n2c(C)cc([C@@H]3[C@@H](c4ccccn4)NC(=S)N3c3ccccc3OC)c2C)c1. The molecule has 0 amide bonds. The van der Waals surface area contributed by atoms with Crippen LogP contribution in [0.25, 0.3) is 5.69 Å². The molecule has 188 valence electrons. The van der Waals surface area contributed by atoms with Gasteiger partial charge in [-0.05, 0) is 80.2 Å². The van der Waals surface area contributed by atoms with Gasteiger partial charge >= 0.3 is 5.97 Å². The van der Waals surface area contributed by atoms with E-state index in [9.17, 15) is 4.79 Å². The van der Waals surface area contributed by atoms with Crippen LogP contribution in [0.3, 0.4) is 0 Å². The van der Waals surface area contributed by atoms with E-state index in [2.05, 4.69) is 39.7 Å². The lowest BCUT2D eigenvalue weighted by Crippen LogP contribution is -2.30. The highest BCUT2D eigenvalue weighted by molar-refractivity contribution is 7.80. The Morgan fingerprint density at radius 1 is 1.00 bits per heavy atom. The number of methoxy groups -OCH3 is 2. The number of hydrogen-bond donors (Lipinski definition) is 1. The quantitative estimate of drug-likeness (QED) is 0.272. The summed E-state index contributed by atoms with van der Waals surface area (Å²) in [6, 6.07) is 23.0. The van der Waals surface area contributed by atoms with Gasteiger partial charge in [0.05, 0.1) is 43.2 Å². The van der Waals surface area contributed by atoms with Crippen LogP contribution in [0.5, 0.6) is 5.75 Å². The highest BCUT2D eigenvalue weighted by atomic mass is 32.1. The monoisotopic (exact) mass is 512 g/mol. The van der Waals surface area contributed by atoms with Crippen molar-refractivity contribution in [2.45, 2.75) is 25.9 Å². The summed E-state index contributed by atoms with van der Waals surface area (Å²) in [5, 5.41) is 4.11. The van der Waals surface area contributed by atoms with Crippen LogP contribution in [0.15, 0.2) is 79.0 Å². The van der Waals surface area contributed by atoms with Gasteiger partial charge in [-0.15, -0.1) is 0 Å². The number of thiocarbonyl (C=S) groups is 1. The van der Waals surface area contributed by atoms with Crippen molar-refractivity contribution in [3.63, 3.8) is 0 Å². The number of para-hydroxylation sites is 2. The van der Waals surface area contributed by atoms with E-state index in [0.717, 1.165) is 39.8 Å². The molecule has 5 rings (SSSR count). The summed E-state index contributed by atoms with van der Waals surface area (Å²) in [6.45, 7) is 4.15. The number of rotatable bonds is 6. The summed E-state index contributed by atoms with van der Waals surface area (Å²) in [5.41, 5.74) is 6.32. The van der Waals surface area contributed by atoms with Crippen LogP contribution in [0.1, 0.15) is 45.1 Å². The van der Waals surface area contributed by atoms with Gasteiger partial charge in [-0.1, -0.05) is 24.3 Å². The molecule has 8 heteroatoms. The molecule has 0 radical (unpaired) electrons. The minimum Gasteiger partial charge on any atom is -0.495 e. The predicted octanol–water partition coefficient (Wildman–Crippen LogP) is 5.46. The molecule has 0 unspecified atom stereocenters. The molecule has 1 saturated heterocycles. The molecule has 1 aliphatic heterocycles. The van der Waals surface area contributed by atoms with Crippen molar-refractivity contribution in [1.29, 1.82) is 0 Å². The first-order chi connectivity index (χ1) is 17.9. The molecule has 1 N–H and O–H groups in total. The number of pyridine rings is 1. The lowest BCUT2D eigenvalue weighted by molar-refractivity contribution is 0.0600. The average molecular weight is 513 g/mol. The lowest BCUT2D eigenvalue weighted by Gasteiger charge is -2.29. The molecule has 2 aromatic carbocycles. The standard InChI is InChI=1S/C29H28N4O3S/c1-18-16-22(19(2)32(18)21-11-9-10-20(17-21)28(34)36-4)27-26(23-12-7-8-15-30-23)31-29(37)33(27)24-13-5-6-14-25(24)35-3/h5-17,26-27H,1-4H3,(H,31,37)/t26-,27-/m1/s1. The van der Waals surface area contributed by atoms with Crippen LogP contribution in [0, 0.1) is 13.8 Å². The third kappa shape index (κ3) is 4.34. The number of nitrogens with one attached hydrogen (secondary N) is 1. The van der Waals surface area contributed by atoms with Crippen molar-refractivity contribution in [2.24, 2.45) is 0 Å². The maximum atomic E-state index is 12.2. The van der Waals surface area contributed by atoms with Crippen LogP contribution in [-0.4, -0.2) is 34.9 Å². The van der Waals surface area contributed by atoms with E-state index in [1.807, 2.05) is 60.7 Å². The van der Waals surface area contributed by atoms with Gasteiger partial charge < -0.3 is 24.3 Å². The molecular weight excluding hydrogens is 484 g/mol. The second-order valence-electron chi connectivity index (χ2n) is 8.87. The van der Waals surface area contributed by atoms with Gasteiger partial charge in [0.25, 0.3) is 0 Å². The molecule has 7 nitrogen and oxygen atoms in total. The smallest absolute Gasteiger partial charge is 0.337 e. The van der Waals surface area contributed by atoms with E-state index in [4.69, 9.17) is 21.7 Å². The zero-order valence-electron chi connectivity index (χ0n) is 21.1. The van der Waals surface area contributed by atoms with Crippen molar-refractivity contribution in [3.8, 4) is 11.4 Å². The van der Waals surface area contributed by atoms with E-state index in [0.29, 0.717) is 10.7 Å². The predicted molar refractivity (Wildman–Crippen MR) is 148 cm³/mol. The van der Waals surface area contributed by atoms with Crippen LogP contribution < -0.4 is 15.0 Å². The highest BCUT2D eigenvalue weighted by Crippen LogP contribution is 2.46. The zero-order chi connectivity index (χ0) is 26.1. The molecule has 37 heavy (non-hydrogen) atoms. The van der Waals surface area contributed by atoms with Gasteiger partial charge in [0.1, 0.15) is 5.75 Å². The number of carbonyl (C=O) groups excluding carboxylic acids is 1. The van der Waals surface area contributed by atoms with Gasteiger partial charge in [0.15, 0.2) is 5.11 Å². The fourth-order valence-electron chi connectivity index (χ4n) is 5.13. The molecule has 0 aliphatic carbocycles. The summed E-state index contributed by atoms with van der Waals surface area (Å²) in [7, 11) is 3.05. The number of nitrogens with zero attached hydrogens (tertiary/aromatic N) is 3.